The second-order valence-electron chi connectivity index (χ2n) is 5.09. The molecule has 0 aliphatic heterocycles. The smallest absolute Gasteiger partial charge is 0.306 e. The van der Waals surface area contributed by atoms with Crippen LogP contribution in [0.15, 0.2) is 12.1 Å². The van der Waals surface area contributed by atoms with Crippen molar-refractivity contribution in [2.75, 3.05) is 13.7 Å². The third-order valence-electron chi connectivity index (χ3n) is 3.34. The van der Waals surface area contributed by atoms with Crippen LogP contribution >= 0.6 is 0 Å². The van der Waals surface area contributed by atoms with E-state index in [1.165, 1.54) is 0 Å². The molecule has 1 aromatic carbocycles. The topological polar surface area (TPSA) is 44.8 Å². The summed E-state index contributed by atoms with van der Waals surface area (Å²) in [5.41, 5.74) is 2.07. The first-order valence-electron chi connectivity index (χ1n) is 7.51. The SMILES string of the molecule is CCOC(=O)CCc1cc(C)c(OC(C)CC)c(OC)c1. The average molecular weight is 294 g/mol. The lowest BCUT2D eigenvalue weighted by Gasteiger charge is -2.18. The van der Waals surface area contributed by atoms with Gasteiger partial charge in [-0.15, -0.1) is 0 Å². The Labute approximate surface area is 127 Å². The summed E-state index contributed by atoms with van der Waals surface area (Å²) in [6.07, 6.45) is 2.09. The van der Waals surface area contributed by atoms with E-state index in [1.807, 2.05) is 32.9 Å². The van der Waals surface area contributed by atoms with E-state index in [9.17, 15) is 4.79 Å². The van der Waals surface area contributed by atoms with Gasteiger partial charge in [-0.05, 0) is 50.8 Å². The molecule has 0 aliphatic rings. The normalized spacial score (nSPS) is 11.9. The van der Waals surface area contributed by atoms with Gasteiger partial charge in [-0.3, -0.25) is 4.79 Å². The fourth-order valence-electron chi connectivity index (χ4n) is 2.02. The van der Waals surface area contributed by atoms with Gasteiger partial charge in [-0.25, -0.2) is 0 Å². The number of hydrogen-bond donors (Lipinski definition) is 0. The monoisotopic (exact) mass is 294 g/mol. The molecule has 0 heterocycles. The van der Waals surface area contributed by atoms with Crippen molar-refractivity contribution in [1.82, 2.24) is 0 Å². The Hall–Kier alpha value is -1.71. The van der Waals surface area contributed by atoms with Crippen LogP contribution in [-0.2, 0) is 16.0 Å². The number of ether oxygens (including phenoxy) is 3. The second kappa shape index (κ2) is 8.55. The Balaban J connectivity index is 2.85. The zero-order valence-electron chi connectivity index (χ0n) is 13.7. The van der Waals surface area contributed by atoms with Gasteiger partial charge in [0.05, 0.1) is 19.8 Å². The standard InChI is InChI=1S/C17H26O4/c1-6-13(4)21-17-12(3)10-14(11-15(17)19-5)8-9-16(18)20-7-2/h10-11,13H,6-9H2,1-5H3. The molecule has 118 valence electrons. The zero-order valence-corrected chi connectivity index (χ0v) is 13.7. The summed E-state index contributed by atoms with van der Waals surface area (Å²) in [5.74, 6) is 1.33. The zero-order chi connectivity index (χ0) is 15.8. The number of carbonyl (C=O) groups is 1. The van der Waals surface area contributed by atoms with Crippen molar-refractivity contribution in [3.63, 3.8) is 0 Å². The summed E-state index contributed by atoms with van der Waals surface area (Å²) < 4.78 is 16.3. The summed E-state index contributed by atoms with van der Waals surface area (Å²) in [6, 6.07) is 3.98. The van der Waals surface area contributed by atoms with E-state index >= 15 is 0 Å². The lowest BCUT2D eigenvalue weighted by atomic mass is 10.1. The number of methoxy groups -OCH3 is 1. The molecule has 1 aromatic rings. The van der Waals surface area contributed by atoms with Gasteiger partial charge in [-0.2, -0.15) is 0 Å². The highest BCUT2D eigenvalue weighted by Gasteiger charge is 2.13. The minimum Gasteiger partial charge on any atom is -0.493 e. The Morgan fingerprint density at radius 3 is 2.57 bits per heavy atom. The maximum Gasteiger partial charge on any atom is 0.306 e. The molecule has 0 spiro atoms. The molecule has 1 unspecified atom stereocenters. The van der Waals surface area contributed by atoms with Gasteiger partial charge in [0, 0.05) is 6.42 Å². The first-order chi connectivity index (χ1) is 10.0. The maximum atomic E-state index is 11.4. The van der Waals surface area contributed by atoms with Gasteiger partial charge in [-0.1, -0.05) is 13.0 Å². The minimum absolute atomic E-state index is 0.142. The fraction of sp³-hybridized carbons (Fsp3) is 0.588. The van der Waals surface area contributed by atoms with Crippen LogP contribution in [0.1, 0.15) is 44.7 Å². The van der Waals surface area contributed by atoms with Crippen molar-refractivity contribution in [3.8, 4) is 11.5 Å². The number of rotatable bonds is 8. The van der Waals surface area contributed by atoms with Crippen LogP contribution in [0.3, 0.4) is 0 Å². The lowest BCUT2D eigenvalue weighted by Crippen LogP contribution is -2.12. The molecule has 0 amide bonds. The molecule has 0 aromatic heterocycles. The van der Waals surface area contributed by atoms with Gasteiger partial charge in [0.1, 0.15) is 0 Å². The molecule has 21 heavy (non-hydrogen) atoms. The third kappa shape index (κ3) is 5.29. The maximum absolute atomic E-state index is 11.4. The van der Waals surface area contributed by atoms with Crippen LogP contribution in [0.25, 0.3) is 0 Å². The third-order valence-corrected chi connectivity index (χ3v) is 3.34. The lowest BCUT2D eigenvalue weighted by molar-refractivity contribution is -0.143. The molecule has 1 rings (SSSR count). The molecule has 0 saturated heterocycles. The van der Waals surface area contributed by atoms with Crippen molar-refractivity contribution < 1.29 is 19.0 Å². The molecular weight excluding hydrogens is 268 g/mol. The molecule has 4 heteroatoms. The van der Waals surface area contributed by atoms with Gasteiger partial charge in [0.25, 0.3) is 0 Å². The van der Waals surface area contributed by atoms with Crippen molar-refractivity contribution >= 4 is 5.97 Å². The molecule has 0 aliphatic carbocycles. The quantitative estimate of drug-likeness (QED) is 0.686. The van der Waals surface area contributed by atoms with Crippen LogP contribution in [0, 0.1) is 6.92 Å². The predicted octanol–water partition coefficient (Wildman–Crippen LogP) is 3.68. The number of esters is 1. The van der Waals surface area contributed by atoms with E-state index in [0.717, 1.165) is 23.3 Å². The summed E-state index contributed by atoms with van der Waals surface area (Å²) in [4.78, 5) is 11.4. The van der Waals surface area contributed by atoms with Crippen LogP contribution in [-0.4, -0.2) is 25.8 Å². The van der Waals surface area contributed by atoms with Crippen LogP contribution in [0.2, 0.25) is 0 Å². The van der Waals surface area contributed by atoms with Crippen LogP contribution in [0.5, 0.6) is 11.5 Å². The van der Waals surface area contributed by atoms with Gasteiger partial charge < -0.3 is 14.2 Å². The fourth-order valence-corrected chi connectivity index (χ4v) is 2.02. The molecule has 4 nitrogen and oxygen atoms in total. The van der Waals surface area contributed by atoms with E-state index < -0.39 is 0 Å². The molecule has 0 bridgehead atoms. The average Bonchev–Trinajstić information content (AvgIpc) is 2.47. The molecular formula is C17H26O4. The van der Waals surface area contributed by atoms with E-state index in [1.54, 1.807) is 7.11 Å². The summed E-state index contributed by atoms with van der Waals surface area (Å²) in [6.45, 7) is 8.34. The Bertz CT molecular complexity index is 468. The van der Waals surface area contributed by atoms with E-state index in [-0.39, 0.29) is 12.1 Å². The van der Waals surface area contributed by atoms with Gasteiger partial charge in [0.15, 0.2) is 11.5 Å². The van der Waals surface area contributed by atoms with Crippen LogP contribution < -0.4 is 9.47 Å². The summed E-state index contributed by atoms with van der Waals surface area (Å²) in [5, 5.41) is 0. The molecule has 0 saturated carbocycles. The van der Waals surface area contributed by atoms with Crippen molar-refractivity contribution in [2.24, 2.45) is 0 Å². The first kappa shape index (κ1) is 17.3. The number of aryl methyl sites for hydroxylation is 2. The largest absolute Gasteiger partial charge is 0.493 e. The number of benzene rings is 1. The van der Waals surface area contributed by atoms with Crippen molar-refractivity contribution in [3.05, 3.63) is 23.3 Å². The Kier molecular flexibility index (Phi) is 7.06. The number of carbonyl (C=O) groups excluding carboxylic acids is 1. The van der Waals surface area contributed by atoms with Gasteiger partial charge >= 0.3 is 5.97 Å². The summed E-state index contributed by atoms with van der Waals surface area (Å²) >= 11 is 0. The first-order valence-corrected chi connectivity index (χ1v) is 7.51. The Morgan fingerprint density at radius 2 is 2.00 bits per heavy atom. The van der Waals surface area contributed by atoms with Gasteiger partial charge in [0.2, 0.25) is 0 Å². The predicted molar refractivity (Wildman–Crippen MR) is 83.1 cm³/mol. The molecule has 0 radical (unpaired) electrons. The van der Waals surface area contributed by atoms with E-state index in [4.69, 9.17) is 14.2 Å². The van der Waals surface area contributed by atoms with Crippen molar-refractivity contribution in [1.29, 1.82) is 0 Å². The summed E-state index contributed by atoms with van der Waals surface area (Å²) in [7, 11) is 1.63. The molecule has 0 fully saturated rings. The van der Waals surface area contributed by atoms with Crippen molar-refractivity contribution in [2.45, 2.75) is 53.1 Å². The highest BCUT2D eigenvalue weighted by atomic mass is 16.5. The van der Waals surface area contributed by atoms with E-state index in [2.05, 4.69) is 6.92 Å². The number of hydrogen-bond acceptors (Lipinski definition) is 4. The molecule has 1 atom stereocenters. The highest BCUT2D eigenvalue weighted by Crippen LogP contribution is 2.33. The highest BCUT2D eigenvalue weighted by molar-refractivity contribution is 5.69. The molecule has 0 N–H and O–H groups in total. The second-order valence-corrected chi connectivity index (χ2v) is 5.09. The Morgan fingerprint density at radius 1 is 1.29 bits per heavy atom. The van der Waals surface area contributed by atoms with E-state index in [0.29, 0.717) is 25.2 Å². The van der Waals surface area contributed by atoms with Crippen LogP contribution in [0.4, 0.5) is 0 Å². The minimum atomic E-state index is -0.172.